The molecule has 1 aliphatic heterocycles. The summed E-state index contributed by atoms with van der Waals surface area (Å²) in [5, 5.41) is 0.695. The minimum Gasteiger partial charge on any atom is -0.497 e. The third kappa shape index (κ3) is 4.53. The van der Waals surface area contributed by atoms with Crippen LogP contribution >= 0.6 is 15.9 Å². The number of methoxy groups -OCH3 is 2. The molecule has 1 saturated carbocycles. The van der Waals surface area contributed by atoms with Gasteiger partial charge >= 0.3 is 0 Å². The molecule has 5 nitrogen and oxygen atoms in total. The topological polar surface area (TPSA) is 48.0 Å². The number of hydrogen-bond acceptors (Lipinski definition) is 4. The van der Waals surface area contributed by atoms with E-state index in [9.17, 15) is 4.79 Å². The van der Waals surface area contributed by atoms with Gasteiger partial charge < -0.3 is 19.1 Å². The van der Waals surface area contributed by atoms with Gasteiger partial charge in [-0.15, -0.1) is 0 Å². The average Bonchev–Trinajstić information content (AvgIpc) is 3.58. The first kappa shape index (κ1) is 20.1. The molecule has 0 N–H and O–H groups in total. The number of benzene rings is 2. The first-order valence-corrected chi connectivity index (χ1v) is 11.1. The predicted molar refractivity (Wildman–Crippen MR) is 115 cm³/mol. The maximum Gasteiger partial charge on any atom is 0.254 e. The van der Waals surface area contributed by atoms with Crippen molar-refractivity contribution in [2.75, 3.05) is 27.4 Å². The van der Waals surface area contributed by atoms with Crippen molar-refractivity contribution in [1.29, 1.82) is 0 Å². The summed E-state index contributed by atoms with van der Waals surface area (Å²) in [5.74, 6) is 3.05. The van der Waals surface area contributed by atoms with Crippen LogP contribution in [0.2, 0.25) is 0 Å². The van der Waals surface area contributed by atoms with E-state index in [0.717, 1.165) is 52.5 Å². The van der Waals surface area contributed by atoms with Crippen molar-refractivity contribution in [2.24, 2.45) is 5.92 Å². The highest BCUT2D eigenvalue weighted by Crippen LogP contribution is 2.35. The average molecular weight is 460 g/mol. The zero-order chi connectivity index (χ0) is 20.4. The van der Waals surface area contributed by atoms with Crippen LogP contribution in [0.25, 0.3) is 0 Å². The molecular weight excluding hydrogens is 434 g/mol. The van der Waals surface area contributed by atoms with Gasteiger partial charge in [0.2, 0.25) is 0 Å². The predicted octanol–water partition coefficient (Wildman–Crippen LogP) is 4.59. The van der Waals surface area contributed by atoms with Crippen LogP contribution in [0.3, 0.4) is 0 Å². The number of carbonyl (C=O) groups is 1. The van der Waals surface area contributed by atoms with Crippen LogP contribution < -0.4 is 14.2 Å². The molecule has 2 aromatic rings. The monoisotopic (exact) mass is 459 g/mol. The Morgan fingerprint density at radius 2 is 1.76 bits per heavy atom. The van der Waals surface area contributed by atoms with Crippen molar-refractivity contribution in [2.45, 2.75) is 31.1 Å². The van der Waals surface area contributed by atoms with Crippen LogP contribution in [0.15, 0.2) is 30.3 Å². The van der Waals surface area contributed by atoms with Gasteiger partial charge in [0.15, 0.2) is 0 Å². The summed E-state index contributed by atoms with van der Waals surface area (Å²) in [4.78, 5) is 15.2. The van der Waals surface area contributed by atoms with Gasteiger partial charge in [-0.1, -0.05) is 15.9 Å². The van der Waals surface area contributed by atoms with E-state index in [-0.39, 0.29) is 5.91 Å². The van der Waals surface area contributed by atoms with E-state index in [1.54, 1.807) is 14.2 Å². The minimum atomic E-state index is 0.0482. The van der Waals surface area contributed by atoms with Crippen molar-refractivity contribution in [1.82, 2.24) is 4.90 Å². The lowest BCUT2D eigenvalue weighted by Gasteiger charge is -2.30. The quantitative estimate of drug-likeness (QED) is 0.541. The van der Waals surface area contributed by atoms with Crippen molar-refractivity contribution in [3.8, 4) is 17.2 Å². The molecule has 0 spiro atoms. The van der Waals surface area contributed by atoms with E-state index in [1.807, 2.05) is 29.2 Å². The van der Waals surface area contributed by atoms with Gasteiger partial charge in [0.1, 0.15) is 17.2 Å². The van der Waals surface area contributed by atoms with Crippen molar-refractivity contribution in [3.63, 3.8) is 0 Å². The molecule has 1 amide bonds. The van der Waals surface area contributed by atoms with Gasteiger partial charge in [-0.05, 0) is 60.6 Å². The molecule has 0 unspecified atom stereocenters. The Bertz CT molecular complexity index is 888. The van der Waals surface area contributed by atoms with E-state index in [4.69, 9.17) is 14.2 Å². The zero-order valence-electron chi connectivity index (χ0n) is 16.9. The van der Waals surface area contributed by atoms with Gasteiger partial charge in [-0.25, -0.2) is 0 Å². The molecule has 0 radical (unpaired) electrons. The van der Waals surface area contributed by atoms with Gasteiger partial charge in [-0.3, -0.25) is 4.79 Å². The van der Waals surface area contributed by atoms with Crippen molar-refractivity contribution in [3.05, 3.63) is 52.6 Å². The lowest BCUT2D eigenvalue weighted by molar-refractivity contribution is 0.0724. The highest BCUT2D eigenvalue weighted by molar-refractivity contribution is 9.08. The fourth-order valence-electron chi connectivity index (χ4n) is 3.70. The molecule has 2 aliphatic rings. The smallest absolute Gasteiger partial charge is 0.254 e. The van der Waals surface area contributed by atoms with Crippen molar-refractivity contribution < 1.29 is 19.0 Å². The number of rotatable bonds is 8. The Morgan fingerprint density at radius 3 is 2.38 bits per heavy atom. The molecule has 154 valence electrons. The molecule has 0 saturated heterocycles. The van der Waals surface area contributed by atoms with Gasteiger partial charge in [0.05, 0.1) is 20.8 Å². The first-order chi connectivity index (χ1) is 14.1. The van der Waals surface area contributed by atoms with E-state index in [0.29, 0.717) is 24.3 Å². The maximum atomic E-state index is 13.3. The van der Waals surface area contributed by atoms with E-state index in [1.165, 1.54) is 12.8 Å². The zero-order valence-corrected chi connectivity index (χ0v) is 18.5. The summed E-state index contributed by atoms with van der Waals surface area (Å²) in [5.41, 5.74) is 3.85. The largest absolute Gasteiger partial charge is 0.497 e. The second-order valence-corrected chi connectivity index (χ2v) is 8.27. The number of nitrogens with zero attached hydrogens (tertiary/aromatic N) is 1. The molecule has 6 heteroatoms. The fourth-order valence-corrected chi connectivity index (χ4v) is 4.02. The summed E-state index contributed by atoms with van der Waals surface area (Å²) in [6.07, 6.45) is 3.29. The SMILES string of the molecule is COc1cc(CN2CCc3c(OCC4CC4)cc(CBr)cc3C2=O)cc(OC)c1. The Morgan fingerprint density at radius 1 is 1.03 bits per heavy atom. The third-order valence-electron chi connectivity index (χ3n) is 5.53. The maximum absolute atomic E-state index is 13.3. The summed E-state index contributed by atoms with van der Waals surface area (Å²) in [6.45, 7) is 1.93. The fraction of sp³-hybridized carbons (Fsp3) is 0.435. The number of ether oxygens (including phenoxy) is 3. The lowest BCUT2D eigenvalue weighted by atomic mass is 9.95. The van der Waals surface area contributed by atoms with Gasteiger partial charge in [0.25, 0.3) is 5.91 Å². The molecule has 1 aliphatic carbocycles. The highest BCUT2D eigenvalue weighted by Gasteiger charge is 2.29. The number of alkyl halides is 1. The highest BCUT2D eigenvalue weighted by atomic mass is 79.9. The van der Waals surface area contributed by atoms with E-state index in [2.05, 4.69) is 22.0 Å². The molecule has 1 fully saturated rings. The lowest BCUT2D eigenvalue weighted by Crippen LogP contribution is -2.37. The molecule has 0 aromatic heterocycles. The molecule has 1 heterocycles. The summed E-state index contributed by atoms with van der Waals surface area (Å²) < 4.78 is 16.8. The summed E-state index contributed by atoms with van der Waals surface area (Å²) in [6, 6.07) is 9.80. The number of carbonyl (C=O) groups excluding carboxylic acids is 1. The Hall–Kier alpha value is -2.21. The molecule has 4 rings (SSSR count). The summed E-state index contributed by atoms with van der Waals surface area (Å²) in [7, 11) is 3.26. The molecular formula is C23H26BrNO4. The summed E-state index contributed by atoms with van der Waals surface area (Å²) >= 11 is 3.52. The second kappa shape index (κ2) is 8.66. The second-order valence-electron chi connectivity index (χ2n) is 7.71. The molecule has 0 bridgehead atoms. The molecule has 29 heavy (non-hydrogen) atoms. The number of hydrogen-bond donors (Lipinski definition) is 0. The van der Waals surface area contributed by atoms with Crippen LogP contribution in [-0.4, -0.2) is 38.2 Å². The van der Waals surface area contributed by atoms with Crippen LogP contribution in [0.1, 0.15) is 39.9 Å². The molecule has 2 aromatic carbocycles. The van der Waals surface area contributed by atoms with Crippen LogP contribution in [0, 0.1) is 5.92 Å². The van der Waals surface area contributed by atoms with E-state index < -0.39 is 0 Å². The minimum absolute atomic E-state index is 0.0482. The third-order valence-corrected chi connectivity index (χ3v) is 6.18. The van der Waals surface area contributed by atoms with Crippen LogP contribution in [0.4, 0.5) is 0 Å². The number of halogens is 1. The Kier molecular flexibility index (Phi) is 5.99. The van der Waals surface area contributed by atoms with Gasteiger partial charge in [-0.2, -0.15) is 0 Å². The van der Waals surface area contributed by atoms with Crippen molar-refractivity contribution >= 4 is 21.8 Å². The standard InChI is InChI=1S/C23H26BrNO4/c1-27-18-7-17(8-19(11-18)28-2)13-25-6-5-20-21(23(25)26)9-16(12-24)10-22(20)29-14-15-3-4-15/h7-11,15H,3-6,12-14H2,1-2H3. The van der Waals surface area contributed by atoms with Crippen LogP contribution in [-0.2, 0) is 18.3 Å². The Labute approximate surface area is 180 Å². The Balaban J connectivity index is 1.58. The number of fused-ring (bicyclic) bond motifs is 1. The molecule has 0 atom stereocenters. The number of amides is 1. The normalized spacial score (nSPS) is 15.8. The van der Waals surface area contributed by atoms with Gasteiger partial charge in [0, 0.05) is 35.6 Å². The van der Waals surface area contributed by atoms with Crippen LogP contribution in [0.5, 0.6) is 17.2 Å². The first-order valence-electron chi connectivity index (χ1n) is 9.97. The van der Waals surface area contributed by atoms with E-state index >= 15 is 0 Å².